The van der Waals surface area contributed by atoms with Crippen molar-refractivity contribution in [2.45, 2.75) is 25.7 Å². The van der Waals surface area contributed by atoms with Gasteiger partial charge in [-0.25, -0.2) is 0 Å². The van der Waals surface area contributed by atoms with Gasteiger partial charge in [0.05, 0.1) is 0 Å². The molecule has 0 atom stereocenters. The number of hydrogen-bond acceptors (Lipinski definition) is 3. The van der Waals surface area contributed by atoms with Crippen LogP contribution in [0.3, 0.4) is 0 Å². The molecule has 1 heterocycles. The van der Waals surface area contributed by atoms with E-state index in [2.05, 4.69) is 17.4 Å². The number of carbonyl (C=O) groups is 1. The molecule has 2 aliphatic rings. The molecular formula is C16H22N2O2. The van der Waals surface area contributed by atoms with E-state index in [1.165, 1.54) is 24.0 Å². The Kier molecular flexibility index (Phi) is 4.21. The number of amides is 1. The Bertz CT molecular complexity index is 479. The van der Waals surface area contributed by atoms with Crippen LogP contribution in [0.25, 0.3) is 0 Å². The monoisotopic (exact) mass is 274 g/mol. The SMILES string of the molecule is O=C(COc1ccc2c(c1)CCC2)N1CCCNCC1. The number of hydrogen-bond donors (Lipinski definition) is 1. The fourth-order valence-corrected chi connectivity index (χ4v) is 2.97. The van der Waals surface area contributed by atoms with E-state index in [0.29, 0.717) is 0 Å². The Labute approximate surface area is 120 Å². The summed E-state index contributed by atoms with van der Waals surface area (Å²) in [6, 6.07) is 6.22. The molecule has 0 bridgehead atoms. The molecule has 1 aliphatic carbocycles. The number of benzene rings is 1. The van der Waals surface area contributed by atoms with E-state index < -0.39 is 0 Å². The van der Waals surface area contributed by atoms with Gasteiger partial charge in [-0.05, 0) is 55.5 Å². The van der Waals surface area contributed by atoms with Crippen molar-refractivity contribution in [3.63, 3.8) is 0 Å². The van der Waals surface area contributed by atoms with Gasteiger partial charge in [-0.3, -0.25) is 4.79 Å². The van der Waals surface area contributed by atoms with E-state index in [0.717, 1.165) is 44.8 Å². The normalized spacial score (nSPS) is 18.5. The van der Waals surface area contributed by atoms with Gasteiger partial charge in [0, 0.05) is 19.6 Å². The molecule has 1 amide bonds. The predicted molar refractivity (Wildman–Crippen MR) is 78.0 cm³/mol. The largest absolute Gasteiger partial charge is 0.484 e. The highest BCUT2D eigenvalue weighted by Crippen LogP contribution is 2.25. The standard InChI is InChI=1S/C16H22N2O2/c19-16(18-9-2-7-17-8-10-18)12-20-15-6-5-13-3-1-4-14(13)11-15/h5-6,11,17H,1-4,7-10,12H2. The van der Waals surface area contributed by atoms with Crippen molar-refractivity contribution in [3.05, 3.63) is 29.3 Å². The van der Waals surface area contributed by atoms with E-state index in [-0.39, 0.29) is 12.5 Å². The summed E-state index contributed by atoms with van der Waals surface area (Å²) in [4.78, 5) is 14.0. The molecule has 1 N–H and O–H groups in total. The first-order valence-electron chi connectivity index (χ1n) is 7.56. The topological polar surface area (TPSA) is 41.6 Å². The number of carbonyl (C=O) groups excluding carboxylic acids is 1. The van der Waals surface area contributed by atoms with Gasteiger partial charge in [-0.1, -0.05) is 6.07 Å². The van der Waals surface area contributed by atoms with Gasteiger partial charge >= 0.3 is 0 Å². The van der Waals surface area contributed by atoms with Crippen molar-refractivity contribution in [2.75, 3.05) is 32.8 Å². The first kappa shape index (κ1) is 13.4. The van der Waals surface area contributed by atoms with Crippen LogP contribution in [0.15, 0.2) is 18.2 Å². The summed E-state index contributed by atoms with van der Waals surface area (Å²) in [5, 5.41) is 3.30. The second-order valence-electron chi connectivity index (χ2n) is 5.56. The minimum Gasteiger partial charge on any atom is -0.484 e. The van der Waals surface area contributed by atoms with Crippen molar-refractivity contribution in [2.24, 2.45) is 0 Å². The smallest absolute Gasteiger partial charge is 0.260 e. The van der Waals surface area contributed by atoms with Crippen molar-refractivity contribution >= 4 is 5.91 Å². The molecule has 1 aliphatic heterocycles. The van der Waals surface area contributed by atoms with Gasteiger partial charge in [-0.15, -0.1) is 0 Å². The molecular weight excluding hydrogens is 252 g/mol. The minimum atomic E-state index is 0.0919. The summed E-state index contributed by atoms with van der Waals surface area (Å²) in [6.45, 7) is 3.64. The van der Waals surface area contributed by atoms with Crippen LogP contribution < -0.4 is 10.1 Å². The highest BCUT2D eigenvalue weighted by molar-refractivity contribution is 5.77. The van der Waals surface area contributed by atoms with Gasteiger partial charge in [0.15, 0.2) is 6.61 Å². The highest BCUT2D eigenvalue weighted by Gasteiger charge is 2.16. The fourth-order valence-electron chi connectivity index (χ4n) is 2.97. The molecule has 4 nitrogen and oxygen atoms in total. The maximum atomic E-state index is 12.1. The number of ether oxygens (including phenoxy) is 1. The van der Waals surface area contributed by atoms with Crippen LogP contribution in [0.1, 0.15) is 24.0 Å². The van der Waals surface area contributed by atoms with Crippen LogP contribution in [-0.2, 0) is 17.6 Å². The predicted octanol–water partition coefficient (Wildman–Crippen LogP) is 1.38. The van der Waals surface area contributed by atoms with E-state index in [9.17, 15) is 4.79 Å². The Morgan fingerprint density at radius 1 is 1.15 bits per heavy atom. The summed E-state index contributed by atoms with van der Waals surface area (Å²) in [7, 11) is 0. The van der Waals surface area contributed by atoms with Crippen LogP contribution >= 0.6 is 0 Å². The van der Waals surface area contributed by atoms with Crippen molar-refractivity contribution in [1.29, 1.82) is 0 Å². The Hall–Kier alpha value is -1.55. The highest BCUT2D eigenvalue weighted by atomic mass is 16.5. The molecule has 0 unspecified atom stereocenters. The zero-order valence-corrected chi connectivity index (χ0v) is 11.9. The maximum Gasteiger partial charge on any atom is 0.260 e. The van der Waals surface area contributed by atoms with Gasteiger partial charge < -0.3 is 15.0 Å². The quantitative estimate of drug-likeness (QED) is 0.905. The minimum absolute atomic E-state index is 0.0919. The van der Waals surface area contributed by atoms with Crippen LogP contribution in [0.4, 0.5) is 0 Å². The Balaban J connectivity index is 1.54. The number of rotatable bonds is 3. The molecule has 1 aromatic carbocycles. The first-order chi connectivity index (χ1) is 9.83. The summed E-state index contributed by atoms with van der Waals surface area (Å²) in [5.74, 6) is 0.918. The summed E-state index contributed by atoms with van der Waals surface area (Å²) in [5.41, 5.74) is 2.82. The van der Waals surface area contributed by atoms with Gasteiger partial charge in [0.25, 0.3) is 5.91 Å². The van der Waals surface area contributed by atoms with E-state index in [1.54, 1.807) is 0 Å². The molecule has 1 fully saturated rings. The van der Waals surface area contributed by atoms with Crippen molar-refractivity contribution < 1.29 is 9.53 Å². The molecule has 4 heteroatoms. The van der Waals surface area contributed by atoms with Gasteiger partial charge in [-0.2, -0.15) is 0 Å². The van der Waals surface area contributed by atoms with E-state index in [4.69, 9.17) is 4.74 Å². The Morgan fingerprint density at radius 2 is 2.05 bits per heavy atom. The van der Waals surface area contributed by atoms with E-state index in [1.807, 2.05) is 11.0 Å². The molecule has 3 rings (SSSR count). The fraction of sp³-hybridized carbons (Fsp3) is 0.562. The lowest BCUT2D eigenvalue weighted by molar-refractivity contribution is -0.133. The third-order valence-corrected chi connectivity index (χ3v) is 4.13. The van der Waals surface area contributed by atoms with E-state index >= 15 is 0 Å². The number of aryl methyl sites for hydroxylation is 2. The molecule has 0 spiro atoms. The lowest BCUT2D eigenvalue weighted by atomic mass is 10.1. The molecule has 0 saturated carbocycles. The van der Waals surface area contributed by atoms with Crippen molar-refractivity contribution in [3.8, 4) is 5.75 Å². The third-order valence-electron chi connectivity index (χ3n) is 4.13. The maximum absolute atomic E-state index is 12.1. The van der Waals surface area contributed by atoms with Crippen LogP contribution in [0, 0.1) is 0 Å². The van der Waals surface area contributed by atoms with Crippen LogP contribution in [0.5, 0.6) is 5.75 Å². The number of fused-ring (bicyclic) bond motifs is 1. The zero-order valence-electron chi connectivity index (χ0n) is 11.9. The molecule has 1 saturated heterocycles. The number of nitrogens with zero attached hydrogens (tertiary/aromatic N) is 1. The lowest BCUT2D eigenvalue weighted by Gasteiger charge is -2.20. The molecule has 20 heavy (non-hydrogen) atoms. The average molecular weight is 274 g/mol. The van der Waals surface area contributed by atoms with Crippen LogP contribution in [0.2, 0.25) is 0 Å². The van der Waals surface area contributed by atoms with Crippen LogP contribution in [-0.4, -0.2) is 43.6 Å². The average Bonchev–Trinajstić information content (AvgIpc) is 2.76. The molecule has 1 aromatic rings. The molecule has 0 radical (unpaired) electrons. The van der Waals surface area contributed by atoms with Crippen molar-refractivity contribution in [1.82, 2.24) is 10.2 Å². The summed E-state index contributed by atoms with van der Waals surface area (Å²) >= 11 is 0. The third kappa shape index (κ3) is 3.12. The van der Waals surface area contributed by atoms with Gasteiger partial charge in [0.2, 0.25) is 0 Å². The first-order valence-corrected chi connectivity index (χ1v) is 7.56. The Morgan fingerprint density at radius 3 is 3.00 bits per heavy atom. The molecule has 108 valence electrons. The molecule has 0 aromatic heterocycles. The second-order valence-corrected chi connectivity index (χ2v) is 5.56. The second kappa shape index (κ2) is 6.27. The summed E-state index contributed by atoms with van der Waals surface area (Å²) < 4.78 is 5.68. The zero-order chi connectivity index (χ0) is 13.8. The lowest BCUT2D eigenvalue weighted by Crippen LogP contribution is -2.37. The summed E-state index contributed by atoms with van der Waals surface area (Å²) in [6.07, 6.45) is 4.57. The van der Waals surface area contributed by atoms with Gasteiger partial charge in [0.1, 0.15) is 5.75 Å². The number of nitrogens with one attached hydrogen (secondary N) is 1.